The molecule has 0 unspecified atom stereocenters. The smallest absolute Gasteiger partial charge is 0.236 e. The van der Waals surface area contributed by atoms with Crippen molar-refractivity contribution in [3.63, 3.8) is 0 Å². The van der Waals surface area contributed by atoms with Crippen molar-refractivity contribution in [3.05, 3.63) is 84.3 Å². The van der Waals surface area contributed by atoms with E-state index >= 15 is 0 Å². The van der Waals surface area contributed by atoms with Gasteiger partial charge in [0.1, 0.15) is 11.6 Å². The molecule has 0 atom stereocenters. The van der Waals surface area contributed by atoms with Crippen LogP contribution >= 0.6 is 0 Å². The lowest BCUT2D eigenvalue weighted by Crippen LogP contribution is -2.45. The monoisotopic (exact) mass is 376 g/mol. The van der Waals surface area contributed by atoms with E-state index in [0.717, 1.165) is 11.1 Å². The highest BCUT2D eigenvalue weighted by molar-refractivity contribution is 5.98. The van der Waals surface area contributed by atoms with Crippen LogP contribution in [0.5, 0.6) is 0 Å². The molecule has 0 radical (unpaired) electrons. The lowest BCUT2D eigenvalue weighted by atomic mass is 9.73. The van der Waals surface area contributed by atoms with Crippen molar-refractivity contribution in [1.82, 2.24) is 4.98 Å². The summed E-state index contributed by atoms with van der Waals surface area (Å²) in [7, 11) is 0. The first-order valence-corrected chi connectivity index (χ1v) is 9.34. The molecule has 4 rings (SSSR count). The molecule has 1 saturated heterocycles. The molecule has 0 saturated carbocycles. The third-order valence-corrected chi connectivity index (χ3v) is 5.27. The highest BCUT2D eigenvalue weighted by Gasteiger charge is 2.42. The van der Waals surface area contributed by atoms with Gasteiger partial charge in [-0.25, -0.2) is 9.37 Å². The number of nitrogens with zero attached hydrogens (tertiary/aromatic N) is 1. The van der Waals surface area contributed by atoms with Gasteiger partial charge in [-0.2, -0.15) is 0 Å². The number of amides is 1. The lowest BCUT2D eigenvalue weighted by molar-refractivity contribution is -0.125. The van der Waals surface area contributed by atoms with Gasteiger partial charge in [0.2, 0.25) is 5.91 Å². The summed E-state index contributed by atoms with van der Waals surface area (Å²) in [6.45, 7) is 0.925. The van der Waals surface area contributed by atoms with Crippen molar-refractivity contribution in [2.24, 2.45) is 0 Å². The maximum Gasteiger partial charge on any atom is 0.236 e. The molecule has 3 aromatic rings. The maximum atomic E-state index is 13.8. The van der Waals surface area contributed by atoms with Crippen LogP contribution in [0.15, 0.2) is 72.9 Å². The van der Waals surface area contributed by atoms with Gasteiger partial charge >= 0.3 is 0 Å². The number of nitrogens with one attached hydrogen (secondary N) is 1. The number of hydrogen-bond acceptors (Lipinski definition) is 3. The summed E-state index contributed by atoms with van der Waals surface area (Å²) >= 11 is 0. The third-order valence-electron chi connectivity index (χ3n) is 5.27. The van der Waals surface area contributed by atoms with E-state index in [0.29, 0.717) is 37.4 Å². The average Bonchev–Trinajstić information content (AvgIpc) is 2.75. The van der Waals surface area contributed by atoms with Crippen LogP contribution in [0.1, 0.15) is 18.4 Å². The zero-order valence-electron chi connectivity index (χ0n) is 15.4. The molecule has 0 aliphatic carbocycles. The van der Waals surface area contributed by atoms with Crippen molar-refractivity contribution >= 4 is 11.7 Å². The van der Waals surface area contributed by atoms with Gasteiger partial charge in [-0.15, -0.1) is 0 Å². The van der Waals surface area contributed by atoms with Crippen molar-refractivity contribution in [2.75, 3.05) is 18.5 Å². The van der Waals surface area contributed by atoms with Crippen molar-refractivity contribution < 1.29 is 13.9 Å². The Labute approximate surface area is 163 Å². The fourth-order valence-corrected chi connectivity index (χ4v) is 3.66. The van der Waals surface area contributed by atoms with Crippen molar-refractivity contribution in [2.45, 2.75) is 18.3 Å². The van der Waals surface area contributed by atoms with E-state index in [4.69, 9.17) is 4.74 Å². The Morgan fingerprint density at radius 1 is 0.964 bits per heavy atom. The van der Waals surface area contributed by atoms with Gasteiger partial charge < -0.3 is 10.1 Å². The van der Waals surface area contributed by atoms with Gasteiger partial charge in [0.25, 0.3) is 0 Å². The Kier molecular flexibility index (Phi) is 5.17. The average molecular weight is 376 g/mol. The second-order valence-electron chi connectivity index (χ2n) is 6.96. The van der Waals surface area contributed by atoms with Crippen LogP contribution in [0.4, 0.5) is 10.2 Å². The number of ether oxygens (including phenoxy) is 1. The van der Waals surface area contributed by atoms with Crippen LogP contribution in [0.2, 0.25) is 0 Å². The van der Waals surface area contributed by atoms with E-state index in [1.165, 1.54) is 12.1 Å². The normalized spacial score (nSPS) is 15.8. The van der Waals surface area contributed by atoms with Crippen molar-refractivity contribution in [1.29, 1.82) is 0 Å². The summed E-state index contributed by atoms with van der Waals surface area (Å²) < 4.78 is 19.3. The zero-order chi connectivity index (χ0) is 19.4. The van der Waals surface area contributed by atoms with Crippen LogP contribution in [0.3, 0.4) is 0 Å². The summed E-state index contributed by atoms with van der Waals surface area (Å²) in [5.74, 6) is -0.0465. The fraction of sp³-hybridized carbons (Fsp3) is 0.217. The van der Waals surface area contributed by atoms with Gasteiger partial charge in [0.15, 0.2) is 0 Å². The molecule has 1 aliphatic rings. The van der Waals surface area contributed by atoms with Gasteiger partial charge in [-0.3, -0.25) is 4.79 Å². The highest BCUT2D eigenvalue weighted by Crippen LogP contribution is 2.36. The molecule has 0 bridgehead atoms. The molecule has 2 aromatic carbocycles. The molecule has 1 fully saturated rings. The predicted molar refractivity (Wildman–Crippen MR) is 106 cm³/mol. The van der Waals surface area contributed by atoms with E-state index < -0.39 is 5.41 Å². The molecule has 5 heteroatoms. The number of halogens is 1. The molecular weight excluding hydrogens is 355 g/mol. The molecule has 1 amide bonds. The number of hydrogen-bond donors (Lipinski definition) is 1. The largest absolute Gasteiger partial charge is 0.381 e. The molecule has 1 aliphatic heterocycles. The number of anilines is 1. The van der Waals surface area contributed by atoms with Crippen LogP contribution in [0.25, 0.3) is 11.1 Å². The van der Waals surface area contributed by atoms with Crippen LogP contribution in [-0.4, -0.2) is 24.1 Å². The zero-order valence-corrected chi connectivity index (χ0v) is 15.4. The Hall–Kier alpha value is -3.05. The first-order chi connectivity index (χ1) is 13.7. The number of aromatic nitrogens is 1. The Bertz CT molecular complexity index is 952. The van der Waals surface area contributed by atoms with Gasteiger partial charge in [-0.05, 0) is 48.2 Å². The molecule has 142 valence electrons. The maximum absolute atomic E-state index is 13.8. The summed E-state index contributed by atoms with van der Waals surface area (Å²) in [6.07, 6.45) is 2.75. The SMILES string of the molecule is O=C(Nc1ccc(-c2ccccc2)cn1)C1(c2cccc(F)c2)CCOCC1. The Morgan fingerprint density at radius 3 is 2.43 bits per heavy atom. The summed E-state index contributed by atoms with van der Waals surface area (Å²) in [6, 6.07) is 19.9. The first kappa shape index (κ1) is 18.3. The van der Waals surface area contributed by atoms with E-state index in [2.05, 4.69) is 10.3 Å². The second-order valence-corrected chi connectivity index (χ2v) is 6.96. The Morgan fingerprint density at radius 2 is 1.75 bits per heavy atom. The van der Waals surface area contributed by atoms with E-state index in [1.807, 2.05) is 36.4 Å². The van der Waals surface area contributed by atoms with E-state index in [1.54, 1.807) is 24.4 Å². The minimum absolute atomic E-state index is 0.179. The minimum atomic E-state index is -0.819. The topological polar surface area (TPSA) is 51.2 Å². The van der Waals surface area contributed by atoms with Crippen LogP contribution < -0.4 is 5.32 Å². The number of pyridine rings is 1. The number of rotatable bonds is 4. The lowest BCUT2D eigenvalue weighted by Gasteiger charge is -2.36. The minimum Gasteiger partial charge on any atom is -0.381 e. The van der Waals surface area contributed by atoms with Gasteiger partial charge in [0, 0.05) is 25.0 Å². The standard InChI is InChI=1S/C23H21FN2O2/c24-20-8-4-7-19(15-20)23(11-13-28-14-12-23)22(27)26-21-10-9-18(16-25-21)17-5-2-1-3-6-17/h1-10,15-16H,11-14H2,(H,25,26,27). The van der Waals surface area contributed by atoms with E-state index in [-0.39, 0.29) is 11.7 Å². The van der Waals surface area contributed by atoms with Gasteiger partial charge in [0.05, 0.1) is 5.41 Å². The molecular formula is C23H21FN2O2. The predicted octanol–water partition coefficient (Wildman–Crippen LogP) is 4.57. The van der Waals surface area contributed by atoms with Crippen LogP contribution in [0, 0.1) is 5.82 Å². The third kappa shape index (κ3) is 3.66. The molecule has 2 heterocycles. The second kappa shape index (κ2) is 7.90. The molecule has 4 nitrogen and oxygen atoms in total. The molecule has 1 N–H and O–H groups in total. The Balaban J connectivity index is 1.58. The van der Waals surface area contributed by atoms with Crippen LogP contribution in [-0.2, 0) is 14.9 Å². The molecule has 1 aromatic heterocycles. The first-order valence-electron chi connectivity index (χ1n) is 9.34. The van der Waals surface area contributed by atoms with Gasteiger partial charge in [-0.1, -0.05) is 42.5 Å². The summed E-state index contributed by atoms with van der Waals surface area (Å²) in [4.78, 5) is 17.6. The van der Waals surface area contributed by atoms with E-state index in [9.17, 15) is 9.18 Å². The fourth-order valence-electron chi connectivity index (χ4n) is 3.66. The summed E-state index contributed by atoms with van der Waals surface area (Å²) in [5, 5.41) is 2.92. The highest BCUT2D eigenvalue weighted by atomic mass is 19.1. The molecule has 28 heavy (non-hydrogen) atoms. The molecule has 0 spiro atoms. The summed E-state index contributed by atoms with van der Waals surface area (Å²) in [5.41, 5.74) is 1.90. The number of carbonyl (C=O) groups is 1. The number of benzene rings is 2. The van der Waals surface area contributed by atoms with Crippen molar-refractivity contribution in [3.8, 4) is 11.1 Å². The number of carbonyl (C=O) groups excluding carboxylic acids is 1. The quantitative estimate of drug-likeness (QED) is 0.725.